The van der Waals surface area contributed by atoms with Crippen LogP contribution in [0.2, 0.25) is 0 Å². The van der Waals surface area contributed by atoms with E-state index in [1.807, 2.05) is 16.7 Å². The zero-order valence-corrected chi connectivity index (χ0v) is 12.2. The van der Waals surface area contributed by atoms with Gasteiger partial charge in [0.2, 0.25) is 6.34 Å². The van der Waals surface area contributed by atoms with E-state index < -0.39 is 0 Å². The molecule has 1 aliphatic carbocycles. The summed E-state index contributed by atoms with van der Waals surface area (Å²) in [6.07, 6.45) is 15.9. The fourth-order valence-electron chi connectivity index (χ4n) is 1.86. The first-order valence-corrected chi connectivity index (χ1v) is 6.51. The molecule has 1 rings (SSSR count). The maximum atomic E-state index is 3.98. The summed E-state index contributed by atoms with van der Waals surface area (Å²) in [5.74, 6) is 0.538. The quantitative estimate of drug-likeness (QED) is 0.221. The molecule has 0 amide bonds. The van der Waals surface area contributed by atoms with E-state index in [0.29, 0.717) is 5.82 Å². The van der Waals surface area contributed by atoms with Crippen molar-refractivity contribution in [3.8, 4) is 0 Å². The summed E-state index contributed by atoms with van der Waals surface area (Å²) in [6, 6.07) is 0.104. The largest absolute Gasteiger partial charge is 0.254 e. The van der Waals surface area contributed by atoms with Crippen LogP contribution in [0.25, 0.3) is 0 Å². The summed E-state index contributed by atoms with van der Waals surface area (Å²) in [5.41, 5.74) is 0.747. The number of hydrogen-bond acceptors (Lipinski definition) is 2. The summed E-state index contributed by atoms with van der Waals surface area (Å²) >= 11 is 0. The average Bonchev–Trinajstić information content (AvgIpc) is 2.54. The van der Waals surface area contributed by atoms with Gasteiger partial charge >= 0.3 is 0 Å². The van der Waals surface area contributed by atoms with Crippen LogP contribution < -0.4 is 0 Å². The number of nitrogens with zero attached hydrogens (tertiary/aromatic N) is 4. The Hall–Kier alpha value is -2.75. The highest BCUT2D eigenvalue weighted by Gasteiger charge is 2.19. The Morgan fingerprint density at radius 1 is 1.29 bits per heavy atom. The number of aliphatic imine (C=N–C) groups is 1. The van der Waals surface area contributed by atoms with Gasteiger partial charge in [0.15, 0.2) is 0 Å². The third-order valence-electron chi connectivity index (χ3n) is 2.94. The first-order chi connectivity index (χ1) is 10.2. The smallest absolute Gasteiger partial charge is 0.228 e. The van der Waals surface area contributed by atoms with Gasteiger partial charge in [0.1, 0.15) is 11.7 Å². The molecule has 0 fully saturated rings. The van der Waals surface area contributed by atoms with Crippen molar-refractivity contribution in [2.24, 2.45) is 10.1 Å². The van der Waals surface area contributed by atoms with Crippen LogP contribution in [-0.2, 0) is 0 Å². The number of hydrazone groups is 1. The maximum Gasteiger partial charge on any atom is 0.254 e. The lowest BCUT2D eigenvalue weighted by Gasteiger charge is -2.18. The van der Waals surface area contributed by atoms with E-state index >= 15 is 0 Å². The third kappa shape index (κ3) is 4.38. The Morgan fingerprint density at radius 3 is 2.52 bits per heavy atom. The lowest BCUT2D eigenvalue weighted by atomic mass is 10.1. The predicted molar refractivity (Wildman–Crippen MR) is 91.6 cm³/mol. The van der Waals surface area contributed by atoms with E-state index in [1.54, 1.807) is 29.6 Å². The molecule has 0 saturated heterocycles. The molecule has 4 nitrogen and oxygen atoms in total. The molecule has 108 valence electrons. The minimum Gasteiger partial charge on any atom is -0.228 e. The predicted octanol–water partition coefficient (Wildman–Crippen LogP) is 3.26. The molecule has 0 aliphatic heterocycles. The fourth-order valence-corrected chi connectivity index (χ4v) is 1.86. The second kappa shape index (κ2) is 8.43. The summed E-state index contributed by atoms with van der Waals surface area (Å²) in [6.45, 7) is 18.5. The topological polar surface area (TPSA) is 31.0 Å². The Labute approximate surface area is 126 Å². The van der Waals surface area contributed by atoms with Gasteiger partial charge in [-0.05, 0) is 24.8 Å². The van der Waals surface area contributed by atoms with Gasteiger partial charge in [-0.2, -0.15) is 0 Å². The lowest BCUT2D eigenvalue weighted by molar-refractivity contribution is -0.505. The Morgan fingerprint density at radius 2 is 2.05 bits per heavy atom. The molecule has 4 heteroatoms. The number of rotatable bonds is 8. The first kappa shape index (κ1) is 16.3. The molecule has 1 unspecified atom stereocenters. The minimum atomic E-state index is 0.104. The van der Waals surface area contributed by atoms with E-state index in [4.69, 9.17) is 0 Å². The zero-order chi connectivity index (χ0) is 15.7. The summed E-state index contributed by atoms with van der Waals surface area (Å²) < 4.78 is 1.89. The molecule has 1 atom stereocenters. The van der Waals surface area contributed by atoms with Crippen molar-refractivity contribution in [1.29, 1.82) is 0 Å². The van der Waals surface area contributed by atoms with Crippen molar-refractivity contribution >= 4 is 19.8 Å². The van der Waals surface area contributed by atoms with Crippen molar-refractivity contribution < 1.29 is 4.58 Å². The molecule has 0 aromatic heterocycles. The monoisotopic (exact) mass is 281 g/mol. The van der Waals surface area contributed by atoms with Crippen LogP contribution in [0.3, 0.4) is 0 Å². The highest BCUT2D eigenvalue weighted by molar-refractivity contribution is 5.56. The molecule has 0 saturated carbocycles. The number of allylic oxidation sites excluding steroid dienone is 5. The number of hydrogen-bond donors (Lipinski definition) is 0. The van der Waals surface area contributed by atoms with E-state index in [0.717, 1.165) is 12.1 Å². The van der Waals surface area contributed by atoms with E-state index in [2.05, 4.69) is 55.4 Å². The Balaban J connectivity index is 3.21. The van der Waals surface area contributed by atoms with Crippen molar-refractivity contribution in [3.63, 3.8) is 0 Å². The van der Waals surface area contributed by atoms with Gasteiger partial charge in [-0.25, -0.2) is 4.58 Å². The van der Waals surface area contributed by atoms with Crippen LogP contribution in [0, 0.1) is 0 Å². The Kier molecular flexibility index (Phi) is 6.54. The van der Waals surface area contributed by atoms with Crippen LogP contribution in [0.5, 0.6) is 0 Å². The molecular weight excluding hydrogens is 260 g/mol. The van der Waals surface area contributed by atoms with Gasteiger partial charge in [0.05, 0.1) is 6.72 Å². The van der Waals surface area contributed by atoms with Crippen LogP contribution in [0.4, 0.5) is 0 Å². The second-order valence-corrected chi connectivity index (χ2v) is 4.23. The standard InChI is InChI=1S/C17H21N4/c1-6-11-16(7-2)21(19-5)14-20(15(3)18-4)17-12-9-8-10-13-17/h6-12,14,17H,1-5,13H2/q+1/b16-11+. The summed E-state index contributed by atoms with van der Waals surface area (Å²) in [4.78, 5) is 3.92. The van der Waals surface area contributed by atoms with Gasteiger partial charge in [0.25, 0.3) is 5.82 Å². The van der Waals surface area contributed by atoms with Crippen molar-refractivity contribution in [2.45, 2.75) is 12.5 Å². The molecule has 0 spiro atoms. The third-order valence-corrected chi connectivity index (χ3v) is 2.94. The van der Waals surface area contributed by atoms with E-state index in [-0.39, 0.29) is 6.04 Å². The molecule has 0 aromatic carbocycles. The fraction of sp³-hybridized carbons (Fsp3) is 0.118. The first-order valence-electron chi connectivity index (χ1n) is 6.51. The Bertz CT molecular complexity index is 561. The van der Waals surface area contributed by atoms with Gasteiger partial charge in [-0.15, -0.1) is 15.1 Å². The lowest BCUT2D eigenvalue weighted by Crippen LogP contribution is -2.30. The van der Waals surface area contributed by atoms with Gasteiger partial charge < -0.3 is 0 Å². The molecule has 0 N–H and O–H groups in total. The van der Waals surface area contributed by atoms with Crippen molar-refractivity contribution in [3.05, 3.63) is 73.8 Å². The molecule has 0 heterocycles. The molecule has 21 heavy (non-hydrogen) atoms. The second-order valence-electron chi connectivity index (χ2n) is 4.23. The highest BCUT2D eigenvalue weighted by atomic mass is 15.5. The SMILES string of the molecule is C=C/C=C(\C=C)N(/C=[N+](\C(=C)N=C)C1C=CC=CC1)N=C. The minimum absolute atomic E-state index is 0.104. The van der Waals surface area contributed by atoms with Gasteiger partial charge in [-0.3, -0.25) is 0 Å². The summed E-state index contributed by atoms with van der Waals surface area (Å²) in [7, 11) is 0. The van der Waals surface area contributed by atoms with E-state index in [9.17, 15) is 0 Å². The maximum absolute atomic E-state index is 3.98. The van der Waals surface area contributed by atoms with Crippen molar-refractivity contribution in [1.82, 2.24) is 5.01 Å². The van der Waals surface area contributed by atoms with Gasteiger partial charge in [0, 0.05) is 13.1 Å². The molecule has 0 radical (unpaired) electrons. The van der Waals surface area contributed by atoms with Crippen LogP contribution in [0.1, 0.15) is 6.42 Å². The van der Waals surface area contributed by atoms with E-state index in [1.165, 1.54) is 0 Å². The molecule has 0 bridgehead atoms. The van der Waals surface area contributed by atoms with Crippen molar-refractivity contribution in [2.75, 3.05) is 0 Å². The van der Waals surface area contributed by atoms with Gasteiger partial charge in [-0.1, -0.05) is 37.5 Å². The molecular formula is C17H21N4+. The molecule has 0 aromatic rings. The zero-order valence-electron chi connectivity index (χ0n) is 12.2. The normalized spacial score (nSPS) is 18.0. The molecule has 1 aliphatic rings. The average molecular weight is 281 g/mol. The highest BCUT2D eigenvalue weighted by Crippen LogP contribution is 2.13. The summed E-state index contributed by atoms with van der Waals surface area (Å²) in [5, 5.41) is 5.58. The van der Waals surface area contributed by atoms with Crippen LogP contribution in [-0.4, -0.2) is 35.4 Å². The van der Waals surface area contributed by atoms with Crippen LogP contribution in [0.15, 0.2) is 83.9 Å². The van der Waals surface area contributed by atoms with Crippen LogP contribution >= 0.6 is 0 Å².